The molecule has 9 heteroatoms. The van der Waals surface area contributed by atoms with Crippen LogP contribution in [-0.2, 0) is 0 Å². The van der Waals surface area contributed by atoms with Gasteiger partial charge in [0.05, 0.1) is 0 Å². The molecule has 0 aromatic heterocycles. The molecule has 0 spiro atoms. The van der Waals surface area contributed by atoms with Crippen LogP contribution < -0.4 is 31.8 Å². The molecule has 0 saturated carbocycles. The molecule has 0 radical (unpaired) electrons. The second kappa shape index (κ2) is 47.7. The Kier molecular flexibility index (Phi) is 45.6. The SMILES string of the molecule is BrC(Br)(Br)Br.CCCCCCCCC/C=C\CCl.CCCCCCCCCBr.CCSC.c1ccc(P(c2ccccc2)c2ccccc2)cc1.c1ccc(P(c2ccccc2)c2ccccc2)cc1. The maximum absolute atomic E-state index is 5.51. The fraction of sp³-hybridized carbons (Fsp3) is 0.377. The number of thioether (sulfide) groups is 1. The highest BCUT2D eigenvalue weighted by Crippen LogP contribution is 2.39. The second-order valence-corrected chi connectivity index (χ2v) is 33.9. The zero-order valence-electron chi connectivity index (χ0n) is 42.3. The van der Waals surface area contributed by atoms with E-state index >= 15 is 0 Å². The van der Waals surface area contributed by atoms with Crippen molar-refractivity contribution in [3.05, 3.63) is 194 Å². The van der Waals surface area contributed by atoms with Crippen molar-refractivity contribution in [3.8, 4) is 0 Å². The number of allylic oxidation sites excluding steroid dienone is 2. The van der Waals surface area contributed by atoms with E-state index in [1.165, 1.54) is 139 Å². The van der Waals surface area contributed by atoms with Gasteiger partial charge in [-0.1, -0.05) is 308 Å². The predicted molar refractivity (Wildman–Crippen MR) is 347 cm³/mol. The number of hydrogen-bond donors (Lipinski definition) is 0. The van der Waals surface area contributed by atoms with Gasteiger partial charge in [0.25, 0.3) is 0 Å². The van der Waals surface area contributed by atoms with Crippen LogP contribution in [0.15, 0.2) is 194 Å². The normalized spacial score (nSPS) is 10.6. The summed E-state index contributed by atoms with van der Waals surface area (Å²) >= 11 is 23.3. The van der Waals surface area contributed by atoms with Gasteiger partial charge in [-0.3, -0.25) is 0 Å². The second-order valence-electron chi connectivity index (χ2n) is 16.0. The van der Waals surface area contributed by atoms with Gasteiger partial charge in [0.2, 0.25) is 0 Å². The lowest BCUT2D eigenvalue weighted by atomic mass is 10.1. The van der Waals surface area contributed by atoms with Gasteiger partial charge in [-0.2, -0.15) is 11.8 Å². The van der Waals surface area contributed by atoms with Crippen molar-refractivity contribution in [2.24, 2.45) is 0 Å². The highest BCUT2D eigenvalue weighted by atomic mass is 80.0. The third-order valence-electron chi connectivity index (χ3n) is 10.3. The summed E-state index contributed by atoms with van der Waals surface area (Å²) in [5.74, 6) is 1.90. The molecule has 6 aromatic carbocycles. The summed E-state index contributed by atoms with van der Waals surface area (Å²) in [7, 11) is -0.892. The van der Waals surface area contributed by atoms with Gasteiger partial charge < -0.3 is 0 Å². The summed E-state index contributed by atoms with van der Waals surface area (Å²) in [5.41, 5.74) is 0. The number of hydrogen-bond acceptors (Lipinski definition) is 1. The van der Waals surface area contributed by atoms with Gasteiger partial charge in [0.1, 0.15) is 0 Å². The Morgan fingerprint density at radius 2 is 0.629 bits per heavy atom. The largest absolute Gasteiger partial charge is 0.189 e. The minimum absolute atomic E-state index is 0.250. The third kappa shape index (κ3) is 36.8. The Morgan fingerprint density at radius 1 is 0.400 bits per heavy atom. The first-order valence-electron chi connectivity index (χ1n) is 25.1. The molecule has 70 heavy (non-hydrogen) atoms. The average molecular weight is 1340 g/mol. The van der Waals surface area contributed by atoms with Crippen molar-refractivity contribution >= 4 is 151 Å². The molecule has 0 nitrogen and oxygen atoms in total. The van der Waals surface area contributed by atoms with E-state index in [4.69, 9.17) is 11.6 Å². The molecule has 0 amide bonds. The molecular weight excluding hydrogens is 1260 g/mol. The highest BCUT2D eigenvalue weighted by molar-refractivity contribution is 9.52. The van der Waals surface area contributed by atoms with Crippen LogP contribution in [0.25, 0.3) is 0 Å². The molecule has 6 rings (SSSR count). The molecular formula is C61H80Br5ClP2S. The monoisotopic (exact) mass is 1340 g/mol. The summed E-state index contributed by atoms with van der Waals surface area (Å²) in [6.07, 6.45) is 27.1. The molecule has 0 saturated heterocycles. The molecule has 382 valence electrons. The lowest BCUT2D eigenvalue weighted by Gasteiger charge is -2.18. The average Bonchev–Trinajstić information content (AvgIpc) is 3.39. The topological polar surface area (TPSA) is 0 Å². The first kappa shape index (κ1) is 67.0. The predicted octanol–water partition coefficient (Wildman–Crippen LogP) is 20.5. The van der Waals surface area contributed by atoms with E-state index < -0.39 is 15.8 Å². The Balaban J connectivity index is 0.000000452. The van der Waals surface area contributed by atoms with Crippen molar-refractivity contribution in [2.75, 3.05) is 23.2 Å². The summed E-state index contributed by atoms with van der Waals surface area (Å²) in [5, 5.41) is 9.57. The maximum atomic E-state index is 5.51. The fourth-order valence-electron chi connectivity index (χ4n) is 6.81. The van der Waals surface area contributed by atoms with Crippen LogP contribution in [0, 0.1) is 0 Å². The molecule has 0 fully saturated rings. The Bertz CT molecular complexity index is 1690. The molecule has 0 bridgehead atoms. The van der Waals surface area contributed by atoms with Crippen molar-refractivity contribution in [2.45, 2.75) is 118 Å². The van der Waals surface area contributed by atoms with Crippen molar-refractivity contribution in [3.63, 3.8) is 0 Å². The molecule has 0 atom stereocenters. The number of halogens is 6. The van der Waals surface area contributed by atoms with Gasteiger partial charge in [0.15, 0.2) is 1.05 Å². The Labute approximate surface area is 481 Å². The number of alkyl halides is 6. The summed E-state index contributed by atoms with van der Waals surface area (Å²) in [6, 6.07) is 64.7. The van der Waals surface area contributed by atoms with Crippen LogP contribution in [0.5, 0.6) is 0 Å². The van der Waals surface area contributed by atoms with Crippen molar-refractivity contribution in [1.29, 1.82) is 0 Å². The van der Waals surface area contributed by atoms with Crippen LogP contribution in [0.1, 0.15) is 117 Å². The van der Waals surface area contributed by atoms with Crippen LogP contribution in [0.3, 0.4) is 0 Å². The van der Waals surface area contributed by atoms with Crippen LogP contribution in [-0.4, -0.2) is 24.3 Å². The van der Waals surface area contributed by atoms with Crippen LogP contribution in [0.2, 0.25) is 0 Å². The summed E-state index contributed by atoms with van der Waals surface area (Å²) in [4.78, 5) is 0. The summed E-state index contributed by atoms with van der Waals surface area (Å²) in [6.45, 7) is 6.67. The molecule has 0 unspecified atom stereocenters. The van der Waals surface area contributed by atoms with E-state index in [-0.39, 0.29) is 1.05 Å². The van der Waals surface area contributed by atoms with Crippen LogP contribution >= 0.6 is 119 Å². The van der Waals surface area contributed by atoms with Gasteiger partial charge >= 0.3 is 0 Å². The quantitative estimate of drug-likeness (QED) is 0.0267. The van der Waals surface area contributed by atoms with Crippen LogP contribution in [0.4, 0.5) is 0 Å². The molecule has 6 aromatic rings. The van der Waals surface area contributed by atoms with Gasteiger partial charge in [0, 0.05) is 11.2 Å². The highest BCUT2D eigenvalue weighted by Gasteiger charge is 2.16. The van der Waals surface area contributed by atoms with E-state index in [9.17, 15) is 0 Å². The van der Waals surface area contributed by atoms with E-state index in [0.29, 0.717) is 5.88 Å². The molecule has 0 heterocycles. The first-order valence-corrected chi connectivity index (χ1v) is 34.0. The lowest BCUT2D eigenvalue weighted by Crippen LogP contribution is -2.20. The molecule has 0 aliphatic carbocycles. The zero-order valence-corrected chi connectivity index (χ0v) is 53.6. The van der Waals surface area contributed by atoms with Crippen molar-refractivity contribution < 1.29 is 0 Å². The molecule has 0 N–H and O–H groups in total. The number of rotatable bonds is 23. The van der Waals surface area contributed by atoms with Crippen molar-refractivity contribution in [1.82, 2.24) is 0 Å². The van der Waals surface area contributed by atoms with Gasteiger partial charge in [-0.15, -0.1) is 11.6 Å². The number of unbranched alkanes of at least 4 members (excludes halogenated alkanes) is 13. The molecule has 0 aliphatic rings. The fourth-order valence-corrected chi connectivity index (χ4v) is 11.9. The smallest absolute Gasteiger partial charge is 0.166 e. The standard InChI is InChI=1S/2C18H15P.C12H23Cl.C9H19Br.C3H8S.CBr4/c2*1-4-10-16(11-5-1)19(17-12-6-2-7-13-17)18-14-8-3-9-15-18;1-2-3-4-5-6-7-8-9-10-11-12-13;1-2-3-4-5-6-7-8-9-10;1-3-4-2;2-1(3,4)5/h2*1-15H;10-11H,2-9,12H2,1H3;2-9H2,1H3;3H2,1-2H3;/b;;11-10-;;;. The zero-order chi connectivity index (χ0) is 51.2. The van der Waals surface area contributed by atoms with E-state index in [1.807, 2.05) is 17.8 Å². The summed E-state index contributed by atoms with van der Waals surface area (Å²) < 4.78 is -0.250. The van der Waals surface area contributed by atoms with Gasteiger partial charge in [-0.05, 0) is 143 Å². The minimum atomic E-state index is -0.446. The van der Waals surface area contributed by atoms with E-state index in [1.54, 1.807) is 0 Å². The van der Waals surface area contributed by atoms with E-state index in [0.717, 1.165) is 0 Å². The maximum Gasteiger partial charge on any atom is 0.189 e. The lowest BCUT2D eigenvalue weighted by molar-refractivity contribution is 0.592. The first-order chi connectivity index (χ1) is 34.1. The number of benzene rings is 6. The van der Waals surface area contributed by atoms with Gasteiger partial charge in [-0.25, -0.2) is 0 Å². The minimum Gasteiger partial charge on any atom is -0.166 e. The Morgan fingerprint density at radius 3 is 0.843 bits per heavy atom. The van der Waals surface area contributed by atoms with E-state index in [2.05, 4.69) is 295 Å². The Hall–Kier alpha value is -1.04. The molecule has 0 aliphatic heterocycles. The third-order valence-corrected chi connectivity index (χ3v) is 16.5.